The maximum absolute atomic E-state index is 14.1. The van der Waals surface area contributed by atoms with Gasteiger partial charge in [0.1, 0.15) is 5.82 Å². The number of aryl methyl sites for hydroxylation is 2. The van der Waals surface area contributed by atoms with Crippen molar-refractivity contribution in [1.82, 2.24) is 20.2 Å². The van der Waals surface area contributed by atoms with E-state index in [2.05, 4.69) is 20.6 Å². The van der Waals surface area contributed by atoms with Gasteiger partial charge in [-0.1, -0.05) is 59.7 Å². The first-order valence-electron chi connectivity index (χ1n) is 11.1. The number of nitrogens with zero attached hydrogens (tertiary/aromatic N) is 2. The van der Waals surface area contributed by atoms with E-state index in [0.29, 0.717) is 11.1 Å². The summed E-state index contributed by atoms with van der Waals surface area (Å²) >= 11 is 0. The fourth-order valence-electron chi connectivity index (χ4n) is 5.08. The van der Waals surface area contributed by atoms with E-state index >= 15 is 0 Å². The Labute approximate surface area is 200 Å². The van der Waals surface area contributed by atoms with Crippen molar-refractivity contribution in [2.24, 2.45) is 5.41 Å². The quantitative estimate of drug-likeness (QED) is 0.416. The van der Waals surface area contributed by atoms with Crippen LogP contribution in [0.3, 0.4) is 0 Å². The van der Waals surface area contributed by atoms with Gasteiger partial charge in [-0.25, -0.2) is 4.79 Å². The molecule has 10 nitrogen and oxygen atoms in total. The average molecular weight is 473 g/mol. The molecule has 4 amide bonds. The standard InChI is InChI=1S/C25H24N6O4/c1-12-4-8-14(9-5-12)17-16-19(28-23(26)29-20(16)32)27-18(15-10-6-13(2)7-11-15)25(17)21(33)30-24(35)31(3)22(25)34/h4-11,17-18H,1-3H3,(H,30,33,35)(H4,26,27,28,29,32). The number of amides is 4. The molecule has 0 aliphatic carbocycles. The largest absolute Gasteiger partial charge is 0.369 e. The number of benzene rings is 2. The summed E-state index contributed by atoms with van der Waals surface area (Å²) in [6.45, 7) is 3.83. The van der Waals surface area contributed by atoms with Crippen LogP contribution in [0, 0.1) is 19.3 Å². The number of rotatable bonds is 2. The molecule has 0 radical (unpaired) electrons. The molecule has 5 rings (SSSR count). The van der Waals surface area contributed by atoms with Crippen LogP contribution in [0.1, 0.15) is 39.8 Å². The number of hydrogen-bond acceptors (Lipinski definition) is 7. The number of nitrogen functional groups attached to an aromatic ring is 1. The summed E-state index contributed by atoms with van der Waals surface area (Å²) in [7, 11) is 1.31. The molecule has 3 heterocycles. The third-order valence-corrected chi connectivity index (χ3v) is 6.83. The highest BCUT2D eigenvalue weighted by Gasteiger charge is 2.66. The van der Waals surface area contributed by atoms with Gasteiger partial charge in [0.15, 0.2) is 5.41 Å². The summed E-state index contributed by atoms with van der Waals surface area (Å²) in [5.74, 6) is -2.51. The zero-order valence-electron chi connectivity index (χ0n) is 19.4. The van der Waals surface area contributed by atoms with Crippen molar-refractivity contribution in [1.29, 1.82) is 0 Å². The number of fused-ring (bicyclic) bond motifs is 1. The van der Waals surface area contributed by atoms with E-state index in [1.54, 1.807) is 24.3 Å². The number of hydrogen-bond donors (Lipinski definition) is 4. The van der Waals surface area contributed by atoms with E-state index in [4.69, 9.17) is 5.73 Å². The molecular formula is C25H24N6O4. The summed E-state index contributed by atoms with van der Waals surface area (Å²) in [5.41, 5.74) is 6.57. The van der Waals surface area contributed by atoms with Gasteiger partial charge in [0.25, 0.3) is 5.56 Å². The van der Waals surface area contributed by atoms with Crippen LogP contribution in [0.4, 0.5) is 16.6 Å². The highest BCUT2D eigenvalue weighted by atomic mass is 16.2. The molecule has 0 saturated carbocycles. The fourth-order valence-corrected chi connectivity index (χ4v) is 5.08. The summed E-state index contributed by atoms with van der Waals surface area (Å²) in [6, 6.07) is 12.8. The molecule has 3 unspecified atom stereocenters. The Hall–Kier alpha value is -4.47. The van der Waals surface area contributed by atoms with Crippen LogP contribution in [0.25, 0.3) is 0 Å². The molecule has 1 spiro atoms. The first kappa shape index (κ1) is 22.3. The van der Waals surface area contributed by atoms with Crippen molar-refractivity contribution >= 4 is 29.6 Å². The Balaban J connectivity index is 1.90. The van der Waals surface area contributed by atoms with Crippen LogP contribution in [0.15, 0.2) is 53.3 Å². The molecule has 5 N–H and O–H groups in total. The minimum absolute atomic E-state index is 0.0951. The monoisotopic (exact) mass is 472 g/mol. The number of nitrogens with one attached hydrogen (secondary N) is 3. The van der Waals surface area contributed by atoms with E-state index in [9.17, 15) is 19.2 Å². The van der Waals surface area contributed by atoms with Crippen LogP contribution in [-0.4, -0.2) is 39.8 Å². The summed E-state index contributed by atoms with van der Waals surface area (Å²) in [6.07, 6.45) is 0. The van der Waals surface area contributed by atoms with E-state index < -0.39 is 40.8 Å². The summed E-state index contributed by atoms with van der Waals surface area (Å²) < 4.78 is 0. The molecule has 2 aromatic carbocycles. The van der Waals surface area contributed by atoms with E-state index in [0.717, 1.165) is 16.0 Å². The Bertz CT molecular complexity index is 1430. The van der Waals surface area contributed by atoms with Crippen molar-refractivity contribution in [3.63, 3.8) is 0 Å². The molecule has 1 saturated heterocycles. The second-order valence-electron chi connectivity index (χ2n) is 9.04. The number of barbiturate groups is 1. The molecule has 2 aliphatic rings. The number of carbonyl (C=O) groups is 3. The molecule has 1 fully saturated rings. The van der Waals surface area contributed by atoms with Gasteiger partial charge < -0.3 is 11.1 Å². The van der Waals surface area contributed by atoms with Gasteiger partial charge in [-0.3, -0.25) is 29.6 Å². The van der Waals surface area contributed by atoms with Crippen LogP contribution in [0.5, 0.6) is 0 Å². The fraction of sp³-hybridized carbons (Fsp3) is 0.240. The van der Waals surface area contributed by atoms with Crippen LogP contribution in [-0.2, 0) is 9.59 Å². The number of anilines is 2. The molecule has 2 aliphatic heterocycles. The van der Waals surface area contributed by atoms with Crippen LogP contribution >= 0.6 is 0 Å². The van der Waals surface area contributed by atoms with E-state index in [1.165, 1.54) is 7.05 Å². The highest BCUT2D eigenvalue weighted by molar-refractivity contribution is 6.21. The topological polar surface area (TPSA) is 150 Å². The molecule has 0 bridgehead atoms. The van der Waals surface area contributed by atoms with Gasteiger partial charge in [-0.05, 0) is 25.0 Å². The molecule has 178 valence electrons. The van der Waals surface area contributed by atoms with E-state index in [-0.39, 0.29) is 17.3 Å². The van der Waals surface area contributed by atoms with Crippen LogP contribution in [0.2, 0.25) is 0 Å². The molecule has 3 atom stereocenters. The summed E-state index contributed by atoms with van der Waals surface area (Å²) in [5, 5.41) is 5.49. The second-order valence-corrected chi connectivity index (χ2v) is 9.04. The number of urea groups is 1. The lowest BCUT2D eigenvalue weighted by Gasteiger charge is -2.50. The number of nitrogens with two attached hydrogens (primary N) is 1. The minimum atomic E-state index is -1.91. The van der Waals surface area contributed by atoms with Gasteiger partial charge in [-0.15, -0.1) is 0 Å². The van der Waals surface area contributed by atoms with Crippen molar-refractivity contribution in [3.05, 3.63) is 86.7 Å². The lowest BCUT2D eigenvalue weighted by molar-refractivity contribution is -0.153. The maximum atomic E-state index is 14.1. The first-order valence-corrected chi connectivity index (χ1v) is 11.1. The molecule has 35 heavy (non-hydrogen) atoms. The minimum Gasteiger partial charge on any atom is -0.369 e. The number of aromatic nitrogens is 2. The third-order valence-electron chi connectivity index (χ3n) is 6.83. The normalized spacial score (nSPS) is 23.6. The SMILES string of the molecule is Cc1ccc(C2Nc3nc(N)[nH]c(=O)c3C(c3ccc(C)cc3)C23C(=O)NC(=O)N(C)C3=O)cc1. The zero-order valence-corrected chi connectivity index (χ0v) is 19.4. The van der Waals surface area contributed by atoms with Gasteiger partial charge >= 0.3 is 6.03 Å². The second kappa shape index (κ2) is 7.79. The Morgan fingerprint density at radius 2 is 1.49 bits per heavy atom. The van der Waals surface area contributed by atoms with Gasteiger partial charge in [0.2, 0.25) is 17.8 Å². The predicted molar refractivity (Wildman–Crippen MR) is 129 cm³/mol. The van der Waals surface area contributed by atoms with Gasteiger partial charge in [0, 0.05) is 13.0 Å². The zero-order chi connectivity index (χ0) is 25.1. The number of imide groups is 2. The van der Waals surface area contributed by atoms with Crippen molar-refractivity contribution in [2.75, 3.05) is 18.1 Å². The lowest BCUT2D eigenvalue weighted by atomic mass is 9.59. The van der Waals surface area contributed by atoms with Crippen molar-refractivity contribution in [2.45, 2.75) is 25.8 Å². The maximum Gasteiger partial charge on any atom is 0.330 e. The first-order chi connectivity index (χ1) is 16.6. The number of carbonyl (C=O) groups excluding carboxylic acids is 3. The summed E-state index contributed by atoms with van der Waals surface area (Å²) in [4.78, 5) is 61.3. The third kappa shape index (κ3) is 3.21. The average Bonchev–Trinajstić information content (AvgIpc) is 2.82. The molecule has 10 heteroatoms. The van der Waals surface area contributed by atoms with Crippen molar-refractivity contribution < 1.29 is 14.4 Å². The highest BCUT2D eigenvalue weighted by Crippen LogP contribution is 2.56. The molecule has 3 aromatic rings. The smallest absolute Gasteiger partial charge is 0.330 e. The Kier molecular flexibility index (Phi) is 4.97. The van der Waals surface area contributed by atoms with Gasteiger partial charge in [0.05, 0.1) is 11.6 Å². The Morgan fingerprint density at radius 3 is 2.09 bits per heavy atom. The molecule has 1 aromatic heterocycles. The van der Waals surface area contributed by atoms with E-state index in [1.807, 2.05) is 38.1 Å². The Morgan fingerprint density at radius 1 is 0.914 bits per heavy atom. The van der Waals surface area contributed by atoms with Gasteiger partial charge in [-0.2, -0.15) is 4.98 Å². The number of aromatic amines is 1. The van der Waals surface area contributed by atoms with Crippen LogP contribution < -0.4 is 21.9 Å². The van der Waals surface area contributed by atoms with Crippen molar-refractivity contribution in [3.8, 4) is 0 Å². The predicted octanol–water partition coefficient (Wildman–Crippen LogP) is 1.96. The number of H-pyrrole nitrogens is 1. The molecular weight excluding hydrogens is 448 g/mol. The lowest BCUT2D eigenvalue weighted by Crippen LogP contribution is -2.69.